The van der Waals surface area contributed by atoms with Gasteiger partial charge in [0.1, 0.15) is 16.7 Å². The van der Waals surface area contributed by atoms with Gasteiger partial charge in [-0.1, -0.05) is 140 Å². The van der Waals surface area contributed by atoms with Crippen molar-refractivity contribution < 1.29 is 8.83 Å². The van der Waals surface area contributed by atoms with Gasteiger partial charge in [0.25, 0.3) is 0 Å². The first-order valence-corrected chi connectivity index (χ1v) is 22.8. The van der Waals surface area contributed by atoms with E-state index in [4.69, 9.17) is 8.83 Å². The molecule has 4 aromatic heterocycles. The third kappa shape index (κ3) is 5.43. The molecule has 304 valence electrons. The van der Waals surface area contributed by atoms with Crippen LogP contribution in [0.1, 0.15) is 0 Å². The van der Waals surface area contributed by atoms with Crippen LogP contribution in [-0.2, 0) is 0 Å². The smallest absolute Gasteiger partial charge is 0.159 e. The van der Waals surface area contributed by atoms with Crippen LogP contribution in [0.2, 0.25) is 0 Å². The average molecular weight is 849 g/mol. The van der Waals surface area contributed by atoms with Crippen LogP contribution in [0.25, 0.3) is 114 Å². The van der Waals surface area contributed by atoms with E-state index in [1.165, 1.54) is 30.9 Å². The maximum absolute atomic E-state index is 7.05. The monoisotopic (exact) mass is 848 g/mol. The van der Waals surface area contributed by atoms with E-state index in [0.29, 0.717) is 0 Å². The summed E-state index contributed by atoms with van der Waals surface area (Å²) in [7, 11) is 0. The van der Waals surface area contributed by atoms with Gasteiger partial charge < -0.3 is 18.3 Å². The van der Waals surface area contributed by atoms with Crippen LogP contribution in [-0.4, -0.2) is 4.57 Å². The highest BCUT2D eigenvalue weighted by Gasteiger charge is 2.28. The number of nitrogens with zero attached hydrogens (tertiary/aromatic N) is 2. The number of furan rings is 2. The fraction of sp³-hybridized carbons (Fsp3) is 0. The number of rotatable bonds is 6. The van der Waals surface area contributed by atoms with Crippen LogP contribution >= 0.6 is 11.3 Å². The van der Waals surface area contributed by atoms with Gasteiger partial charge >= 0.3 is 0 Å². The van der Waals surface area contributed by atoms with E-state index in [1.807, 2.05) is 23.5 Å². The van der Waals surface area contributed by atoms with Crippen molar-refractivity contribution in [3.8, 4) is 27.9 Å². The van der Waals surface area contributed by atoms with Crippen molar-refractivity contribution >= 4 is 114 Å². The number of hydrogen-bond acceptors (Lipinski definition) is 4. The Balaban J connectivity index is 1.08. The Morgan fingerprint density at radius 3 is 1.72 bits per heavy atom. The second-order valence-electron chi connectivity index (χ2n) is 16.8. The van der Waals surface area contributed by atoms with Crippen LogP contribution < -0.4 is 4.90 Å². The minimum absolute atomic E-state index is 0.817. The summed E-state index contributed by atoms with van der Waals surface area (Å²) >= 11 is 1.84. The highest BCUT2D eigenvalue weighted by Crippen LogP contribution is 2.51. The van der Waals surface area contributed by atoms with Gasteiger partial charge in [-0.3, -0.25) is 0 Å². The zero-order chi connectivity index (χ0) is 42.6. The first-order chi connectivity index (χ1) is 32.2. The van der Waals surface area contributed by atoms with Crippen LogP contribution in [0.5, 0.6) is 0 Å². The third-order valence-electron chi connectivity index (χ3n) is 13.2. The molecule has 10 aromatic carbocycles. The second-order valence-corrected chi connectivity index (χ2v) is 17.9. The predicted molar refractivity (Wildman–Crippen MR) is 274 cm³/mol. The summed E-state index contributed by atoms with van der Waals surface area (Å²) in [5, 5.41) is 9.27. The molecule has 65 heavy (non-hydrogen) atoms. The molecule has 0 spiro atoms. The van der Waals surface area contributed by atoms with Crippen LogP contribution in [0.4, 0.5) is 17.1 Å². The van der Waals surface area contributed by atoms with Crippen molar-refractivity contribution in [2.75, 3.05) is 4.90 Å². The summed E-state index contributed by atoms with van der Waals surface area (Å²) in [6.07, 6.45) is 0. The molecule has 0 amide bonds. The lowest BCUT2D eigenvalue weighted by molar-refractivity contribution is 0.668. The van der Waals surface area contributed by atoms with Crippen molar-refractivity contribution in [3.63, 3.8) is 0 Å². The molecule has 14 rings (SSSR count). The van der Waals surface area contributed by atoms with Gasteiger partial charge in [0.05, 0.1) is 28.1 Å². The Hall–Kier alpha value is -8.38. The molecule has 0 N–H and O–H groups in total. The fourth-order valence-corrected chi connectivity index (χ4v) is 11.4. The SMILES string of the molecule is c1cc(-c2c(N(c3ccccc3-c3ccc4sc5ccccc5c4c3)c3cccc4c3oc3ccccc34)ccc3c2oc2ccccc23)cc(-n2c3ccccc3c3ccccc32)c1. The van der Waals surface area contributed by atoms with Gasteiger partial charge in [0.2, 0.25) is 0 Å². The Kier molecular flexibility index (Phi) is 7.82. The average Bonchev–Trinajstić information content (AvgIpc) is 4.13. The number of hydrogen-bond donors (Lipinski definition) is 0. The van der Waals surface area contributed by atoms with Crippen molar-refractivity contribution in [1.29, 1.82) is 0 Å². The highest BCUT2D eigenvalue weighted by molar-refractivity contribution is 7.25. The van der Waals surface area contributed by atoms with Gasteiger partial charge in [-0.2, -0.15) is 0 Å². The zero-order valence-electron chi connectivity index (χ0n) is 34.9. The van der Waals surface area contributed by atoms with E-state index in [1.54, 1.807) is 0 Å². The molecule has 4 heterocycles. The van der Waals surface area contributed by atoms with Crippen LogP contribution in [0.3, 0.4) is 0 Å². The molecule has 5 heteroatoms. The molecule has 0 aliphatic heterocycles. The molecule has 0 unspecified atom stereocenters. The lowest BCUT2D eigenvalue weighted by atomic mass is 9.96. The minimum atomic E-state index is 0.817. The van der Waals surface area contributed by atoms with Crippen molar-refractivity contribution in [3.05, 3.63) is 218 Å². The number of thiophene rings is 1. The molecule has 0 bridgehead atoms. The van der Waals surface area contributed by atoms with Gasteiger partial charge in [0.15, 0.2) is 5.58 Å². The third-order valence-corrected chi connectivity index (χ3v) is 14.3. The maximum Gasteiger partial charge on any atom is 0.159 e. The summed E-state index contributed by atoms with van der Waals surface area (Å²) in [5.41, 5.74) is 13.9. The topological polar surface area (TPSA) is 34.5 Å². The molecule has 0 aliphatic rings. The molecule has 0 radical (unpaired) electrons. The Labute approximate surface area is 377 Å². The minimum Gasteiger partial charge on any atom is -0.455 e. The largest absolute Gasteiger partial charge is 0.455 e. The molecule has 4 nitrogen and oxygen atoms in total. The summed E-state index contributed by atoms with van der Waals surface area (Å²) < 4.78 is 18.9. The van der Waals surface area contributed by atoms with E-state index in [-0.39, 0.29) is 0 Å². The Morgan fingerprint density at radius 1 is 0.354 bits per heavy atom. The zero-order valence-corrected chi connectivity index (χ0v) is 35.7. The molecule has 0 fully saturated rings. The quantitative estimate of drug-likeness (QED) is 0.167. The fourth-order valence-electron chi connectivity index (χ4n) is 10.3. The molecular formula is C60H36N2O2S. The molecule has 0 saturated carbocycles. The first kappa shape index (κ1) is 36.1. The number of fused-ring (bicyclic) bond motifs is 12. The molecule has 0 aliphatic carbocycles. The van der Waals surface area contributed by atoms with Gasteiger partial charge in [-0.05, 0) is 90.0 Å². The van der Waals surface area contributed by atoms with E-state index >= 15 is 0 Å². The van der Waals surface area contributed by atoms with Gasteiger partial charge in [0, 0.05) is 69.3 Å². The maximum atomic E-state index is 7.05. The second kappa shape index (κ2) is 14.1. The summed E-state index contributed by atoms with van der Waals surface area (Å²) in [5.74, 6) is 0. The first-order valence-electron chi connectivity index (χ1n) is 22.0. The van der Waals surface area contributed by atoms with Crippen molar-refractivity contribution in [1.82, 2.24) is 4.57 Å². The molecular weight excluding hydrogens is 813 g/mol. The van der Waals surface area contributed by atoms with Crippen LogP contribution in [0.15, 0.2) is 227 Å². The highest BCUT2D eigenvalue weighted by atomic mass is 32.1. The lowest BCUT2D eigenvalue weighted by Crippen LogP contribution is -2.13. The van der Waals surface area contributed by atoms with E-state index in [2.05, 4.69) is 216 Å². The van der Waals surface area contributed by atoms with Crippen molar-refractivity contribution in [2.24, 2.45) is 0 Å². The van der Waals surface area contributed by atoms with Gasteiger partial charge in [-0.25, -0.2) is 0 Å². The van der Waals surface area contributed by atoms with Crippen molar-refractivity contribution in [2.45, 2.75) is 0 Å². The number of aromatic nitrogens is 1. The summed E-state index contributed by atoms with van der Waals surface area (Å²) in [6.45, 7) is 0. The van der Waals surface area contributed by atoms with E-state index < -0.39 is 0 Å². The number of anilines is 3. The number of benzene rings is 10. The summed E-state index contributed by atoms with van der Waals surface area (Å²) in [4.78, 5) is 2.41. The molecule has 14 aromatic rings. The standard InChI is InChI=1S/C60H36N2O2S/c1-7-24-49(40(17-1)37-31-34-57-48(36-37)45-22-6-12-30-56(45)65-57)62(53-27-14-23-46-43-20-4-10-28-54(43)63-59(46)53)52-33-32-47-44-21-5-11-29-55(44)64-60(47)58(52)38-15-13-16-39(35-38)61-50-25-8-2-18-41(50)42-19-3-9-26-51(42)61/h1-36H. The van der Waals surface area contributed by atoms with Gasteiger partial charge in [-0.15, -0.1) is 11.3 Å². The normalized spacial score (nSPS) is 12.0. The molecule has 0 atom stereocenters. The van der Waals surface area contributed by atoms with Crippen LogP contribution in [0, 0.1) is 0 Å². The predicted octanol–water partition coefficient (Wildman–Crippen LogP) is 17.8. The Morgan fingerprint density at radius 2 is 0.938 bits per heavy atom. The Bertz CT molecular complexity index is 4170. The molecule has 0 saturated heterocycles. The number of para-hydroxylation sites is 6. The van der Waals surface area contributed by atoms with E-state index in [0.717, 1.165) is 99.9 Å². The lowest BCUT2D eigenvalue weighted by Gasteiger charge is -2.30. The van der Waals surface area contributed by atoms with E-state index in [9.17, 15) is 0 Å². The summed E-state index contributed by atoms with van der Waals surface area (Å²) in [6, 6.07) is 78.5.